The van der Waals surface area contributed by atoms with E-state index in [1.54, 1.807) is 6.08 Å². The van der Waals surface area contributed by atoms with Gasteiger partial charge in [-0.25, -0.2) is 0 Å². The van der Waals surface area contributed by atoms with Crippen LogP contribution in [-0.2, 0) is 4.74 Å². The standard InChI is InChI=1S/C17H16O.3C2H6/c1-4-13-14-8-6-7-12-10-9-11(3)17(16(12)14)18-15(13)5-2;3*1-2/h4-8,10-11H,1-2,9H2,3H3;3*1-2H3. The van der Waals surface area contributed by atoms with Crippen LogP contribution in [0.2, 0.25) is 0 Å². The molecule has 0 saturated carbocycles. The Hall–Kier alpha value is -2.02. The third-order valence-corrected chi connectivity index (χ3v) is 3.65. The Morgan fingerprint density at radius 2 is 1.62 bits per heavy atom. The fourth-order valence-corrected chi connectivity index (χ4v) is 2.72. The van der Waals surface area contributed by atoms with E-state index < -0.39 is 0 Å². The molecule has 1 heterocycles. The molecule has 3 rings (SSSR count). The fraction of sp³-hybridized carbons (Fsp3) is 0.391. The highest BCUT2D eigenvalue weighted by molar-refractivity contribution is 5.81. The molecular formula is C23H34O. The first-order valence-electron chi connectivity index (χ1n) is 9.27. The number of allylic oxidation sites excluding steroid dienone is 3. The quantitative estimate of drug-likeness (QED) is 0.666. The molecule has 1 unspecified atom stereocenters. The van der Waals surface area contributed by atoms with Gasteiger partial charge in [-0.2, -0.15) is 0 Å². The summed E-state index contributed by atoms with van der Waals surface area (Å²) >= 11 is 0. The summed E-state index contributed by atoms with van der Waals surface area (Å²) < 4.78 is 6.05. The lowest BCUT2D eigenvalue weighted by atomic mass is 9.89. The van der Waals surface area contributed by atoms with Gasteiger partial charge in [0.2, 0.25) is 0 Å². The van der Waals surface area contributed by atoms with Crippen LogP contribution in [0.5, 0.6) is 0 Å². The molecule has 1 aliphatic carbocycles. The van der Waals surface area contributed by atoms with Gasteiger partial charge in [-0.1, -0.05) is 92.0 Å². The molecule has 2 aliphatic rings. The number of ether oxygens (including phenoxy) is 1. The zero-order valence-corrected chi connectivity index (χ0v) is 16.6. The van der Waals surface area contributed by atoms with Crippen molar-refractivity contribution in [2.75, 3.05) is 0 Å². The van der Waals surface area contributed by atoms with Crippen LogP contribution in [0.15, 0.2) is 49.3 Å². The van der Waals surface area contributed by atoms with Crippen molar-refractivity contribution in [3.63, 3.8) is 0 Å². The first-order chi connectivity index (χ1) is 11.8. The van der Waals surface area contributed by atoms with Crippen molar-refractivity contribution in [3.8, 4) is 0 Å². The molecule has 132 valence electrons. The van der Waals surface area contributed by atoms with Crippen LogP contribution in [0.4, 0.5) is 0 Å². The van der Waals surface area contributed by atoms with Gasteiger partial charge in [-0.15, -0.1) is 0 Å². The minimum atomic E-state index is 0.417. The van der Waals surface area contributed by atoms with Crippen molar-refractivity contribution in [1.29, 1.82) is 0 Å². The molecule has 1 aromatic carbocycles. The molecule has 1 aromatic rings. The van der Waals surface area contributed by atoms with Crippen LogP contribution in [0.1, 0.15) is 60.5 Å². The molecule has 1 aliphatic heterocycles. The Kier molecular flexibility index (Phi) is 10.5. The lowest BCUT2D eigenvalue weighted by molar-refractivity contribution is 0.349. The van der Waals surface area contributed by atoms with Crippen LogP contribution in [-0.4, -0.2) is 0 Å². The number of benzene rings is 1. The maximum atomic E-state index is 6.05. The number of rotatable bonds is 2. The minimum Gasteiger partial charge on any atom is -0.460 e. The molecule has 0 radical (unpaired) electrons. The molecule has 0 amide bonds. The smallest absolute Gasteiger partial charge is 0.134 e. The van der Waals surface area contributed by atoms with Crippen molar-refractivity contribution < 1.29 is 4.74 Å². The molecule has 0 fully saturated rings. The highest BCUT2D eigenvalue weighted by Gasteiger charge is 2.23. The summed E-state index contributed by atoms with van der Waals surface area (Å²) in [6, 6.07) is 6.37. The molecule has 1 nitrogen and oxygen atoms in total. The zero-order valence-electron chi connectivity index (χ0n) is 16.6. The lowest BCUT2D eigenvalue weighted by Gasteiger charge is -2.26. The number of hydrogen-bond donors (Lipinski definition) is 0. The van der Waals surface area contributed by atoms with Gasteiger partial charge in [0.15, 0.2) is 0 Å². The lowest BCUT2D eigenvalue weighted by Crippen LogP contribution is -2.37. The Bertz CT molecular complexity index is 689. The molecule has 24 heavy (non-hydrogen) atoms. The van der Waals surface area contributed by atoms with Crippen molar-refractivity contribution in [3.05, 3.63) is 65.3 Å². The minimum absolute atomic E-state index is 0.417. The fourth-order valence-electron chi connectivity index (χ4n) is 2.72. The predicted molar refractivity (Wildman–Crippen MR) is 110 cm³/mol. The average molecular weight is 327 g/mol. The van der Waals surface area contributed by atoms with Crippen LogP contribution in [0.3, 0.4) is 0 Å². The summed E-state index contributed by atoms with van der Waals surface area (Å²) in [6.45, 7) is 21.9. The Morgan fingerprint density at radius 1 is 1.00 bits per heavy atom. The Labute approximate surface area is 148 Å². The van der Waals surface area contributed by atoms with Gasteiger partial charge in [0, 0.05) is 16.7 Å². The van der Waals surface area contributed by atoms with Crippen LogP contribution in [0, 0.1) is 5.92 Å². The van der Waals surface area contributed by atoms with Gasteiger partial charge in [0.05, 0.1) is 0 Å². The second kappa shape index (κ2) is 11.5. The van der Waals surface area contributed by atoms with Gasteiger partial charge in [-0.05, 0) is 23.3 Å². The van der Waals surface area contributed by atoms with Crippen molar-refractivity contribution in [2.45, 2.75) is 54.9 Å². The molecule has 1 heteroatoms. The third kappa shape index (κ3) is 4.29. The maximum absolute atomic E-state index is 6.05. The highest BCUT2D eigenvalue weighted by Crippen LogP contribution is 2.30. The van der Waals surface area contributed by atoms with Crippen LogP contribution in [0.25, 0.3) is 17.4 Å². The third-order valence-electron chi connectivity index (χ3n) is 3.65. The normalized spacial score (nSPS) is 16.3. The molecule has 0 bridgehead atoms. The van der Waals surface area contributed by atoms with Gasteiger partial charge in [0.25, 0.3) is 0 Å². The second-order valence-electron chi connectivity index (χ2n) is 4.76. The highest BCUT2D eigenvalue weighted by atomic mass is 16.5. The number of hydrogen-bond acceptors (Lipinski definition) is 1. The van der Waals surface area contributed by atoms with E-state index in [-0.39, 0.29) is 0 Å². The summed E-state index contributed by atoms with van der Waals surface area (Å²) in [5, 5.41) is 2.50. The predicted octanol–water partition coefficient (Wildman–Crippen LogP) is 5.81. The van der Waals surface area contributed by atoms with E-state index in [0.29, 0.717) is 5.92 Å². The van der Waals surface area contributed by atoms with Gasteiger partial charge >= 0.3 is 0 Å². The Morgan fingerprint density at radius 3 is 2.17 bits per heavy atom. The molecule has 1 atom stereocenters. The molecule has 0 N–H and O–H groups in total. The average Bonchev–Trinajstić information content (AvgIpc) is 2.68. The molecule has 0 spiro atoms. The van der Waals surface area contributed by atoms with E-state index in [9.17, 15) is 0 Å². The van der Waals surface area contributed by atoms with Crippen LogP contribution < -0.4 is 10.4 Å². The van der Waals surface area contributed by atoms with Gasteiger partial charge < -0.3 is 4.74 Å². The summed E-state index contributed by atoms with van der Waals surface area (Å²) in [7, 11) is 0. The molecular weight excluding hydrogens is 292 g/mol. The van der Waals surface area contributed by atoms with Crippen LogP contribution >= 0.6 is 0 Å². The van der Waals surface area contributed by atoms with Crippen molar-refractivity contribution >= 4 is 17.4 Å². The summed E-state index contributed by atoms with van der Waals surface area (Å²) in [6.07, 6.45) is 6.93. The van der Waals surface area contributed by atoms with Gasteiger partial charge in [0.1, 0.15) is 11.5 Å². The SMILES string of the molecule is C=CC1=C(C=C)c2cccc3c2=C(O1)C(C)CC=3.CC.CC.CC. The van der Waals surface area contributed by atoms with E-state index in [1.165, 1.54) is 16.0 Å². The van der Waals surface area contributed by atoms with E-state index in [0.717, 1.165) is 23.5 Å². The van der Waals surface area contributed by atoms with Crippen molar-refractivity contribution in [2.24, 2.45) is 5.92 Å². The van der Waals surface area contributed by atoms with E-state index >= 15 is 0 Å². The van der Waals surface area contributed by atoms with E-state index in [4.69, 9.17) is 4.74 Å². The van der Waals surface area contributed by atoms with E-state index in [2.05, 4.69) is 44.4 Å². The molecule has 0 saturated heterocycles. The maximum Gasteiger partial charge on any atom is 0.134 e. The molecule has 0 aromatic heterocycles. The second-order valence-corrected chi connectivity index (χ2v) is 4.76. The monoisotopic (exact) mass is 326 g/mol. The first-order valence-corrected chi connectivity index (χ1v) is 9.27. The summed E-state index contributed by atoms with van der Waals surface area (Å²) in [5.74, 6) is 2.31. The van der Waals surface area contributed by atoms with Crippen molar-refractivity contribution in [1.82, 2.24) is 0 Å². The van der Waals surface area contributed by atoms with E-state index in [1.807, 2.05) is 47.6 Å². The van der Waals surface area contributed by atoms with Gasteiger partial charge in [-0.3, -0.25) is 0 Å². The largest absolute Gasteiger partial charge is 0.460 e. The first kappa shape index (κ1) is 22.0. The summed E-state index contributed by atoms with van der Waals surface area (Å²) in [5.41, 5.74) is 2.24. The topological polar surface area (TPSA) is 9.23 Å². The Balaban J connectivity index is 0.000000798. The summed E-state index contributed by atoms with van der Waals surface area (Å²) in [4.78, 5) is 0. The zero-order chi connectivity index (χ0) is 18.7.